The van der Waals surface area contributed by atoms with Gasteiger partial charge in [0.05, 0.1) is 16.3 Å². The standard InChI is InChI=1S/C12H8ClFO3S/c1-2-17-12(16)10-6(5-15)9-7(13)3-4-8(14)11(9)18-10/h3-5H,2H2,1H3. The zero-order valence-electron chi connectivity index (χ0n) is 9.33. The van der Waals surface area contributed by atoms with E-state index in [4.69, 9.17) is 16.3 Å². The van der Waals surface area contributed by atoms with E-state index in [1.165, 1.54) is 12.1 Å². The second kappa shape index (κ2) is 5.04. The van der Waals surface area contributed by atoms with Crippen molar-refractivity contribution in [1.82, 2.24) is 0 Å². The molecule has 0 aliphatic rings. The van der Waals surface area contributed by atoms with E-state index in [9.17, 15) is 14.0 Å². The quantitative estimate of drug-likeness (QED) is 0.638. The average molecular weight is 287 g/mol. The number of esters is 1. The Kier molecular flexibility index (Phi) is 3.63. The second-order valence-electron chi connectivity index (χ2n) is 3.42. The van der Waals surface area contributed by atoms with Gasteiger partial charge in [0.25, 0.3) is 0 Å². The van der Waals surface area contributed by atoms with E-state index in [1.54, 1.807) is 6.92 Å². The molecule has 0 amide bonds. The van der Waals surface area contributed by atoms with E-state index < -0.39 is 11.8 Å². The Morgan fingerprint density at radius 2 is 2.28 bits per heavy atom. The summed E-state index contributed by atoms with van der Waals surface area (Å²) < 4.78 is 18.6. The summed E-state index contributed by atoms with van der Waals surface area (Å²) in [7, 11) is 0. The number of fused-ring (bicyclic) bond motifs is 1. The zero-order chi connectivity index (χ0) is 13.3. The maximum Gasteiger partial charge on any atom is 0.349 e. The van der Waals surface area contributed by atoms with Crippen molar-refractivity contribution in [2.45, 2.75) is 6.92 Å². The Hall–Kier alpha value is -1.46. The van der Waals surface area contributed by atoms with Crippen molar-refractivity contribution in [3.05, 3.63) is 33.4 Å². The third-order valence-electron chi connectivity index (χ3n) is 2.36. The Balaban J connectivity index is 2.76. The molecule has 94 valence electrons. The van der Waals surface area contributed by atoms with Crippen LogP contribution in [0.25, 0.3) is 10.1 Å². The fraction of sp³-hybridized carbons (Fsp3) is 0.167. The molecule has 1 aromatic carbocycles. The third kappa shape index (κ3) is 2.00. The van der Waals surface area contributed by atoms with E-state index in [0.717, 1.165) is 11.3 Å². The number of ether oxygens (including phenoxy) is 1. The monoisotopic (exact) mass is 286 g/mol. The highest BCUT2D eigenvalue weighted by Crippen LogP contribution is 2.37. The molecule has 0 atom stereocenters. The first-order valence-corrected chi connectivity index (χ1v) is 6.32. The molecule has 0 saturated carbocycles. The first kappa shape index (κ1) is 13.0. The lowest BCUT2D eigenvalue weighted by Gasteiger charge is -1.99. The molecule has 2 rings (SSSR count). The minimum Gasteiger partial charge on any atom is -0.462 e. The molecule has 18 heavy (non-hydrogen) atoms. The van der Waals surface area contributed by atoms with Gasteiger partial charge in [-0.15, -0.1) is 11.3 Å². The van der Waals surface area contributed by atoms with Crippen molar-refractivity contribution in [3.63, 3.8) is 0 Å². The van der Waals surface area contributed by atoms with Crippen LogP contribution in [-0.2, 0) is 4.74 Å². The predicted octanol–water partition coefficient (Wildman–Crippen LogP) is 3.68. The van der Waals surface area contributed by atoms with E-state index in [2.05, 4.69) is 0 Å². The van der Waals surface area contributed by atoms with Crippen molar-refractivity contribution in [1.29, 1.82) is 0 Å². The van der Waals surface area contributed by atoms with Gasteiger partial charge < -0.3 is 4.74 Å². The fourth-order valence-electron chi connectivity index (χ4n) is 1.62. The fourth-order valence-corrected chi connectivity index (χ4v) is 3.02. The van der Waals surface area contributed by atoms with Gasteiger partial charge in [0.1, 0.15) is 10.7 Å². The molecule has 1 heterocycles. The van der Waals surface area contributed by atoms with Crippen molar-refractivity contribution in [2.75, 3.05) is 6.61 Å². The number of carbonyl (C=O) groups is 2. The SMILES string of the molecule is CCOC(=O)c1sc2c(F)ccc(Cl)c2c1C=O. The van der Waals surface area contributed by atoms with Crippen molar-refractivity contribution in [2.24, 2.45) is 0 Å². The predicted molar refractivity (Wildman–Crippen MR) is 68.1 cm³/mol. The summed E-state index contributed by atoms with van der Waals surface area (Å²) in [6.45, 7) is 1.83. The van der Waals surface area contributed by atoms with Gasteiger partial charge in [-0.1, -0.05) is 11.6 Å². The molecule has 0 bridgehead atoms. The van der Waals surface area contributed by atoms with Gasteiger partial charge >= 0.3 is 5.97 Å². The van der Waals surface area contributed by atoms with Gasteiger partial charge in [-0.2, -0.15) is 0 Å². The maximum absolute atomic E-state index is 13.6. The number of halogens is 2. The third-order valence-corrected chi connectivity index (χ3v) is 3.86. The number of carbonyl (C=O) groups excluding carboxylic acids is 2. The van der Waals surface area contributed by atoms with Crippen LogP contribution in [0.1, 0.15) is 27.0 Å². The number of rotatable bonds is 3. The Morgan fingerprint density at radius 3 is 2.89 bits per heavy atom. The molecular weight excluding hydrogens is 279 g/mol. The molecule has 0 unspecified atom stereocenters. The molecule has 0 radical (unpaired) electrons. The zero-order valence-corrected chi connectivity index (χ0v) is 10.9. The number of hydrogen-bond acceptors (Lipinski definition) is 4. The molecule has 2 aromatic rings. The van der Waals surface area contributed by atoms with E-state index >= 15 is 0 Å². The summed E-state index contributed by atoms with van der Waals surface area (Å²) in [5.74, 6) is -1.16. The smallest absolute Gasteiger partial charge is 0.349 e. The van der Waals surface area contributed by atoms with E-state index in [1.807, 2.05) is 0 Å². The van der Waals surface area contributed by atoms with Crippen LogP contribution in [0.4, 0.5) is 4.39 Å². The van der Waals surface area contributed by atoms with Gasteiger partial charge in [0.2, 0.25) is 0 Å². The van der Waals surface area contributed by atoms with Crippen molar-refractivity contribution < 1.29 is 18.7 Å². The summed E-state index contributed by atoms with van der Waals surface area (Å²) in [5, 5.41) is 0.500. The molecule has 0 saturated heterocycles. The van der Waals surface area contributed by atoms with Crippen LogP contribution in [-0.4, -0.2) is 18.9 Å². The van der Waals surface area contributed by atoms with Crippen LogP contribution in [0.2, 0.25) is 5.02 Å². The largest absolute Gasteiger partial charge is 0.462 e. The first-order chi connectivity index (χ1) is 8.60. The molecule has 6 heteroatoms. The van der Waals surface area contributed by atoms with E-state index in [-0.39, 0.29) is 32.2 Å². The highest BCUT2D eigenvalue weighted by molar-refractivity contribution is 7.21. The number of benzene rings is 1. The van der Waals surface area contributed by atoms with Crippen molar-refractivity contribution >= 4 is 45.3 Å². The van der Waals surface area contributed by atoms with Gasteiger partial charge in [0.15, 0.2) is 6.29 Å². The molecule has 0 fully saturated rings. The summed E-state index contributed by atoms with van der Waals surface area (Å²) in [6, 6.07) is 2.55. The highest BCUT2D eigenvalue weighted by Gasteiger charge is 2.22. The van der Waals surface area contributed by atoms with Gasteiger partial charge in [-0.3, -0.25) is 4.79 Å². The Bertz CT molecular complexity index is 636. The average Bonchev–Trinajstić information content (AvgIpc) is 2.74. The van der Waals surface area contributed by atoms with Crippen LogP contribution in [0.15, 0.2) is 12.1 Å². The summed E-state index contributed by atoms with van der Waals surface area (Å²) in [4.78, 5) is 22.9. The summed E-state index contributed by atoms with van der Waals surface area (Å²) in [6.07, 6.45) is 0.496. The first-order valence-electron chi connectivity index (χ1n) is 5.13. The second-order valence-corrected chi connectivity index (χ2v) is 4.84. The summed E-state index contributed by atoms with van der Waals surface area (Å²) in [5.41, 5.74) is 0.0814. The number of hydrogen-bond donors (Lipinski definition) is 0. The van der Waals surface area contributed by atoms with Crippen molar-refractivity contribution in [3.8, 4) is 0 Å². The normalized spacial score (nSPS) is 10.6. The topological polar surface area (TPSA) is 43.4 Å². The minimum absolute atomic E-state index is 0.0776. The maximum atomic E-state index is 13.6. The van der Waals surface area contributed by atoms with Gasteiger partial charge in [-0.25, -0.2) is 9.18 Å². The lowest BCUT2D eigenvalue weighted by atomic mass is 10.1. The molecule has 3 nitrogen and oxygen atoms in total. The summed E-state index contributed by atoms with van der Waals surface area (Å²) >= 11 is 6.81. The molecule has 0 N–H and O–H groups in total. The molecular formula is C12H8ClFO3S. The minimum atomic E-state index is -0.642. The lowest BCUT2D eigenvalue weighted by Crippen LogP contribution is -2.04. The Morgan fingerprint density at radius 1 is 1.56 bits per heavy atom. The highest BCUT2D eigenvalue weighted by atomic mass is 35.5. The van der Waals surface area contributed by atoms with Crippen LogP contribution in [0, 0.1) is 5.82 Å². The molecule has 0 spiro atoms. The van der Waals surface area contributed by atoms with E-state index in [0.29, 0.717) is 6.29 Å². The molecule has 1 aromatic heterocycles. The van der Waals surface area contributed by atoms with Gasteiger partial charge in [0, 0.05) is 10.9 Å². The molecule has 0 aliphatic heterocycles. The van der Waals surface area contributed by atoms with Crippen LogP contribution in [0.5, 0.6) is 0 Å². The number of aldehydes is 1. The Labute approximate surface area is 111 Å². The van der Waals surface area contributed by atoms with Gasteiger partial charge in [-0.05, 0) is 19.1 Å². The number of thiophene rings is 1. The van der Waals surface area contributed by atoms with Crippen LogP contribution >= 0.6 is 22.9 Å². The van der Waals surface area contributed by atoms with Crippen LogP contribution in [0.3, 0.4) is 0 Å². The molecule has 0 aliphatic carbocycles. The lowest BCUT2D eigenvalue weighted by molar-refractivity contribution is 0.0530. The van der Waals surface area contributed by atoms with Crippen LogP contribution < -0.4 is 0 Å².